The highest BCUT2D eigenvalue weighted by Gasteiger charge is 2.44. The van der Waals surface area contributed by atoms with Gasteiger partial charge in [0.15, 0.2) is 9.84 Å². The summed E-state index contributed by atoms with van der Waals surface area (Å²) in [5.41, 5.74) is 4.32. The third-order valence-corrected chi connectivity index (χ3v) is 8.24. The molecule has 1 heterocycles. The lowest BCUT2D eigenvalue weighted by Gasteiger charge is -2.28. The zero-order valence-electron chi connectivity index (χ0n) is 15.7. The topological polar surface area (TPSA) is 54.4 Å². The van der Waals surface area contributed by atoms with Crippen molar-refractivity contribution in [1.29, 1.82) is 0 Å². The van der Waals surface area contributed by atoms with Crippen LogP contribution in [0.1, 0.15) is 66.7 Å². The molecule has 0 spiro atoms. The second-order valence-corrected chi connectivity index (χ2v) is 9.85. The van der Waals surface area contributed by atoms with Crippen molar-refractivity contribution < 1.29 is 13.5 Å². The summed E-state index contributed by atoms with van der Waals surface area (Å²) >= 11 is 0. The van der Waals surface area contributed by atoms with Gasteiger partial charge in [-0.05, 0) is 64.4 Å². The van der Waals surface area contributed by atoms with Crippen LogP contribution >= 0.6 is 0 Å². The monoisotopic (exact) mass is 352 g/mol. The van der Waals surface area contributed by atoms with E-state index in [1.807, 2.05) is 26.8 Å². The van der Waals surface area contributed by atoms with Crippen LogP contribution in [0.3, 0.4) is 0 Å². The van der Waals surface area contributed by atoms with E-state index < -0.39 is 26.4 Å². The number of hydrogen-bond donors (Lipinski definition) is 1. The predicted octanol–water partition coefficient (Wildman–Crippen LogP) is 4.34. The van der Waals surface area contributed by atoms with Crippen LogP contribution in [0.2, 0.25) is 0 Å². The molecule has 2 aliphatic rings. The number of hydrogen-bond acceptors (Lipinski definition) is 3. The number of sulfone groups is 1. The number of aliphatic hydroxyl groups is 1. The highest BCUT2D eigenvalue weighted by Crippen LogP contribution is 2.39. The Hall–Kier alpha value is -0.870. The lowest BCUT2D eigenvalue weighted by Crippen LogP contribution is -2.35. The predicted molar refractivity (Wildman–Crippen MR) is 101 cm³/mol. The minimum Gasteiger partial charge on any atom is -0.387 e. The van der Waals surface area contributed by atoms with Gasteiger partial charge in [-0.2, -0.15) is 0 Å². The molecule has 2 rings (SSSR count). The van der Waals surface area contributed by atoms with Crippen LogP contribution in [-0.4, -0.2) is 30.1 Å². The minimum absolute atomic E-state index is 0.465. The van der Waals surface area contributed by atoms with Crippen molar-refractivity contribution in [2.75, 3.05) is 0 Å². The first-order valence-electron chi connectivity index (χ1n) is 9.14. The normalized spacial score (nSPS) is 32.0. The average molecular weight is 353 g/mol. The summed E-state index contributed by atoms with van der Waals surface area (Å²) in [7, 11) is -3.40. The van der Waals surface area contributed by atoms with Gasteiger partial charge >= 0.3 is 0 Å². The van der Waals surface area contributed by atoms with Crippen LogP contribution in [-0.2, 0) is 9.84 Å². The highest BCUT2D eigenvalue weighted by molar-refractivity contribution is 7.93. The Kier molecular flexibility index (Phi) is 6.14. The van der Waals surface area contributed by atoms with Gasteiger partial charge in [0.05, 0.1) is 11.4 Å². The second kappa shape index (κ2) is 7.57. The van der Waals surface area contributed by atoms with E-state index in [1.165, 1.54) is 17.6 Å². The summed E-state index contributed by atoms with van der Waals surface area (Å²) in [6.45, 7) is 10.1. The van der Waals surface area contributed by atoms with E-state index in [2.05, 4.69) is 13.8 Å². The lowest BCUT2D eigenvalue weighted by atomic mass is 9.81. The van der Waals surface area contributed by atoms with Crippen molar-refractivity contribution >= 4 is 9.84 Å². The van der Waals surface area contributed by atoms with E-state index in [0.29, 0.717) is 12.3 Å². The Labute approximate surface area is 147 Å². The fourth-order valence-electron chi connectivity index (χ4n) is 4.16. The molecule has 0 radical (unpaired) electrons. The summed E-state index contributed by atoms with van der Waals surface area (Å²) in [5, 5.41) is 9.25. The first kappa shape index (κ1) is 19.5. The molecule has 0 aromatic heterocycles. The molecule has 136 valence electrons. The van der Waals surface area contributed by atoms with Gasteiger partial charge in [-0.25, -0.2) is 8.42 Å². The first-order chi connectivity index (χ1) is 11.2. The smallest absolute Gasteiger partial charge is 0.166 e. The van der Waals surface area contributed by atoms with Crippen LogP contribution in [0.15, 0.2) is 34.4 Å². The Morgan fingerprint density at radius 1 is 1.42 bits per heavy atom. The molecule has 0 aromatic carbocycles. The molecule has 4 unspecified atom stereocenters. The zero-order chi connectivity index (χ0) is 18.1. The Morgan fingerprint density at radius 3 is 2.67 bits per heavy atom. The van der Waals surface area contributed by atoms with Crippen molar-refractivity contribution in [1.82, 2.24) is 0 Å². The fourth-order valence-corrected chi connectivity index (χ4v) is 6.53. The zero-order valence-corrected chi connectivity index (χ0v) is 16.5. The third-order valence-electron chi connectivity index (χ3n) is 5.75. The van der Waals surface area contributed by atoms with E-state index in [1.54, 1.807) is 6.08 Å². The molecule has 0 fully saturated rings. The third kappa shape index (κ3) is 3.70. The summed E-state index contributed by atoms with van der Waals surface area (Å²) in [5.74, 6) is 0.465. The minimum atomic E-state index is -3.40. The van der Waals surface area contributed by atoms with E-state index in [-0.39, 0.29) is 0 Å². The molecule has 4 heteroatoms. The summed E-state index contributed by atoms with van der Waals surface area (Å²) in [6, 6.07) is 0. The van der Waals surface area contributed by atoms with Gasteiger partial charge in [-0.3, -0.25) is 0 Å². The Morgan fingerprint density at radius 2 is 2.08 bits per heavy atom. The van der Waals surface area contributed by atoms with Crippen molar-refractivity contribution in [2.45, 2.75) is 83.3 Å². The summed E-state index contributed by atoms with van der Waals surface area (Å²) in [6.07, 6.45) is 7.57. The molecular weight excluding hydrogens is 320 g/mol. The first-order valence-corrected chi connectivity index (χ1v) is 10.7. The maximum atomic E-state index is 13.1. The van der Waals surface area contributed by atoms with E-state index >= 15 is 0 Å². The van der Waals surface area contributed by atoms with Gasteiger partial charge in [-0.15, -0.1) is 0 Å². The van der Waals surface area contributed by atoms with Gasteiger partial charge in [0.2, 0.25) is 0 Å². The number of rotatable bonds is 5. The molecule has 0 saturated heterocycles. The molecule has 0 bridgehead atoms. The SMILES string of the molecule is CC/C=C(\C)C(O)C1C=C(C)C(CC2=C(C)CCCC2C)S1(=O)=O. The number of allylic oxidation sites excluding steroid dienone is 3. The van der Waals surface area contributed by atoms with Gasteiger partial charge in [0.25, 0.3) is 0 Å². The van der Waals surface area contributed by atoms with E-state index in [9.17, 15) is 13.5 Å². The molecule has 0 saturated carbocycles. The maximum Gasteiger partial charge on any atom is 0.166 e. The van der Waals surface area contributed by atoms with Crippen molar-refractivity contribution in [3.8, 4) is 0 Å². The molecule has 24 heavy (non-hydrogen) atoms. The largest absolute Gasteiger partial charge is 0.387 e. The molecule has 1 aliphatic carbocycles. The lowest BCUT2D eigenvalue weighted by molar-refractivity contribution is 0.216. The highest BCUT2D eigenvalue weighted by atomic mass is 32.2. The van der Waals surface area contributed by atoms with Crippen molar-refractivity contribution in [2.24, 2.45) is 5.92 Å². The van der Waals surface area contributed by atoms with E-state index in [4.69, 9.17) is 0 Å². The van der Waals surface area contributed by atoms with Gasteiger partial charge in [0, 0.05) is 0 Å². The van der Waals surface area contributed by atoms with Crippen LogP contribution in [0.25, 0.3) is 0 Å². The number of aliphatic hydroxyl groups excluding tert-OH is 1. The summed E-state index contributed by atoms with van der Waals surface area (Å²) < 4.78 is 26.2. The fraction of sp³-hybridized carbons (Fsp3) is 0.700. The van der Waals surface area contributed by atoms with Crippen LogP contribution < -0.4 is 0 Å². The maximum absolute atomic E-state index is 13.1. The molecule has 0 amide bonds. The molecule has 3 nitrogen and oxygen atoms in total. The quantitative estimate of drug-likeness (QED) is 0.749. The molecule has 0 aromatic rings. The standard InChI is InChI=1S/C20H32O3S/c1-6-8-15(4)20(21)19-11-16(5)18(24(19,22)23)12-17-13(2)9-7-10-14(17)3/h8,11,13,18-21H,6-7,9-10,12H2,1-5H3/b15-8+. The molecular formula is C20H32O3S. The summed E-state index contributed by atoms with van der Waals surface area (Å²) in [4.78, 5) is 0. The van der Waals surface area contributed by atoms with Gasteiger partial charge in [-0.1, -0.05) is 42.7 Å². The van der Waals surface area contributed by atoms with Gasteiger partial charge in [0.1, 0.15) is 5.25 Å². The second-order valence-electron chi connectivity index (χ2n) is 7.56. The van der Waals surface area contributed by atoms with Crippen LogP contribution in [0.4, 0.5) is 0 Å². The van der Waals surface area contributed by atoms with E-state index in [0.717, 1.165) is 30.4 Å². The van der Waals surface area contributed by atoms with Crippen LogP contribution in [0, 0.1) is 5.92 Å². The molecule has 1 N–H and O–H groups in total. The van der Waals surface area contributed by atoms with Crippen molar-refractivity contribution in [3.63, 3.8) is 0 Å². The molecule has 1 aliphatic heterocycles. The van der Waals surface area contributed by atoms with Crippen LogP contribution in [0.5, 0.6) is 0 Å². The molecule has 4 atom stereocenters. The van der Waals surface area contributed by atoms with Gasteiger partial charge < -0.3 is 5.11 Å². The van der Waals surface area contributed by atoms with Crippen molar-refractivity contribution in [3.05, 3.63) is 34.4 Å². The Bertz CT molecular complexity index is 667. The Balaban J connectivity index is 2.28. The average Bonchev–Trinajstić information content (AvgIpc) is 2.73.